The summed E-state index contributed by atoms with van der Waals surface area (Å²) in [5.74, 6) is 0.788. The summed E-state index contributed by atoms with van der Waals surface area (Å²) in [6.07, 6.45) is 8.22. The summed E-state index contributed by atoms with van der Waals surface area (Å²) in [6.45, 7) is 7.72. The van der Waals surface area contributed by atoms with Crippen molar-refractivity contribution >= 4 is 0 Å². The average molecular weight is 227 g/mol. The Morgan fingerprint density at radius 3 is 2.50 bits per heavy atom. The van der Waals surface area contributed by atoms with Crippen LogP contribution >= 0.6 is 0 Å². The minimum absolute atomic E-state index is 0.0180. The van der Waals surface area contributed by atoms with Crippen LogP contribution in [0.1, 0.15) is 59.3 Å². The molecule has 2 heteroatoms. The van der Waals surface area contributed by atoms with Gasteiger partial charge in [0.15, 0.2) is 0 Å². The Bertz CT molecular complexity index is 195. The number of hydrogen-bond acceptors (Lipinski definition) is 2. The zero-order valence-corrected chi connectivity index (χ0v) is 11.5. The highest BCUT2D eigenvalue weighted by Gasteiger charge is 2.31. The number of rotatable bonds is 6. The second-order valence-corrected chi connectivity index (χ2v) is 5.44. The third kappa shape index (κ3) is 3.74. The zero-order valence-electron chi connectivity index (χ0n) is 11.5. The molecule has 1 aliphatic rings. The molecule has 0 aromatic carbocycles. The van der Waals surface area contributed by atoms with E-state index in [0.29, 0.717) is 6.10 Å². The Labute approximate surface area is 101 Å². The molecule has 0 aromatic rings. The third-order valence-electron chi connectivity index (χ3n) is 4.10. The van der Waals surface area contributed by atoms with Gasteiger partial charge in [-0.2, -0.15) is 0 Å². The predicted molar refractivity (Wildman–Crippen MR) is 69.7 cm³/mol. The van der Waals surface area contributed by atoms with Crippen molar-refractivity contribution in [3.05, 3.63) is 0 Å². The number of nitrogens with one attached hydrogen (secondary N) is 1. The predicted octanol–water partition coefficient (Wildman–Crippen LogP) is 3.36. The topological polar surface area (TPSA) is 21.3 Å². The molecular weight excluding hydrogens is 198 g/mol. The van der Waals surface area contributed by atoms with E-state index in [9.17, 15) is 0 Å². The highest BCUT2D eigenvalue weighted by Crippen LogP contribution is 2.32. The maximum absolute atomic E-state index is 6.41. The maximum atomic E-state index is 6.41. The molecule has 1 rings (SSSR count). The van der Waals surface area contributed by atoms with Crippen molar-refractivity contribution in [2.24, 2.45) is 5.92 Å². The summed E-state index contributed by atoms with van der Waals surface area (Å²) in [5, 5.41) is 3.26. The normalized spacial score (nSPS) is 30.0. The van der Waals surface area contributed by atoms with Gasteiger partial charge in [-0.1, -0.05) is 33.1 Å². The molecule has 2 nitrogen and oxygen atoms in total. The van der Waals surface area contributed by atoms with Crippen molar-refractivity contribution in [1.29, 1.82) is 0 Å². The van der Waals surface area contributed by atoms with E-state index in [0.717, 1.165) is 18.9 Å². The smallest absolute Gasteiger partial charge is 0.0779 e. The summed E-state index contributed by atoms with van der Waals surface area (Å²) in [7, 11) is 2.01. The van der Waals surface area contributed by atoms with Crippen molar-refractivity contribution in [1.82, 2.24) is 5.32 Å². The molecule has 1 fully saturated rings. The standard InChI is InChI=1S/C14H29NO/c1-5-12-9-7-8-10-13(12)16-14(3,6-2)11-15-4/h12-13,15H,5-11H2,1-4H3. The van der Waals surface area contributed by atoms with Crippen molar-refractivity contribution in [3.8, 4) is 0 Å². The minimum Gasteiger partial charge on any atom is -0.370 e. The van der Waals surface area contributed by atoms with E-state index in [1.54, 1.807) is 0 Å². The van der Waals surface area contributed by atoms with Gasteiger partial charge in [0.1, 0.15) is 0 Å². The van der Waals surface area contributed by atoms with Gasteiger partial charge in [-0.3, -0.25) is 0 Å². The lowest BCUT2D eigenvalue weighted by atomic mass is 9.84. The minimum atomic E-state index is 0.0180. The van der Waals surface area contributed by atoms with E-state index in [4.69, 9.17) is 4.74 Å². The SMILES string of the molecule is CCC1CCCCC1OC(C)(CC)CNC. The summed E-state index contributed by atoms with van der Waals surface area (Å²) >= 11 is 0. The van der Waals surface area contributed by atoms with Gasteiger partial charge in [-0.25, -0.2) is 0 Å². The largest absolute Gasteiger partial charge is 0.370 e. The first-order valence-electron chi connectivity index (χ1n) is 6.97. The summed E-state index contributed by atoms with van der Waals surface area (Å²) in [5.41, 5.74) is 0.0180. The van der Waals surface area contributed by atoms with E-state index < -0.39 is 0 Å². The first-order chi connectivity index (χ1) is 7.65. The molecule has 0 heterocycles. The van der Waals surface area contributed by atoms with Gasteiger partial charge in [0.25, 0.3) is 0 Å². The Morgan fingerprint density at radius 2 is 1.94 bits per heavy atom. The number of likely N-dealkylation sites (N-methyl/N-ethyl adjacent to an activating group) is 1. The zero-order chi connectivity index (χ0) is 12.0. The summed E-state index contributed by atoms with van der Waals surface area (Å²) < 4.78 is 6.41. The quantitative estimate of drug-likeness (QED) is 0.751. The highest BCUT2D eigenvalue weighted by atomic mass is 16.5. The summed E-state index contributed by atoms with van der Waals surface area (Å²) in [4.78, 5) is 0. The van der Waals surface area contributed by atoms with Crippen LogP contribution in [0.25, 0.3) is 0 Å². The summed E-state index contributed by atoms with van der Waals surface area (Å²) in [6, 6.07) is 0. The van der Waals surface area contributed by atoms with E-state index in [1.807, 2.05) is 7.05 Å². The molecule has 96 valence electrons. The lowest BCUT2D eigenvalue weighted by molar-refractivity contribution is -0.117. The van der Waals surface area contributed by atoms with Crippen LogP contribution in [0, 0.1) is 5.92 Å². The van der Waals surface area contributed by atoms with E-state index in [-0.39, 0.29) is 5.60 Å². The Hall–Kier alpha value is -0.0800. The van der Waals surface area contributed by atoms with Crippen molar-refractivity contribution in [2.45, 2.75) is 71.0 Å². The van der Waals surface area contributed by atoms with Gasteiger partial charge in [0, 0.05) is 6.54 Å². The van der Waals surface area contributed by atoms with Gasteiger partial charge in [0.2, 0.25) is 0 Å². The van der Waals surface area contributed by atoms with Crippen LogP contribution in [0.5, 0.6) is 0 Å². The van der Waals surface area contributed by atoms with Gasteiger partial charge in [-0.05, 0) is 39.2 Å². The van der Waals surface area contributed by atoms with E-state index >= 15 is 0 Å². The molecule has 0 spiro atoms. The van der Waals surface area contributed by atoms with Crippen LogP contribution < -0.4 is 5.32 Å². The fourth-order valence-corrected chi connectivity index (χ4v) is 2.79. The lowest BCUT2D eigenvalue weighted by Gasteiger charge is -2.39. The van der Waals surface area contributed by atoms with Crippen LogP contribution in [-0.4, -0.2) is 25.3 Å². The monoisotopic (exact) mass is 227 g/mol. The van der Waals surface area contributed by atoms with Gasteiger partial charge in [0.05, 0.1) is 11.7 Å². The number of ether oxygens (including phenoxy) is 1. The fourth-order valence-electron chi connectivity index (χ4n) is 2.79. The van der Waals surface area contributed by atoms with Crippen LogP contribution in [0.15, 0.2) is 0 Å². The molecule has 16 heavy (non-hydrogen) atoms. The second-order valence-electron chi connectivity index (χ2n) is 5.44. The molecular formula is C14H29NO. The Balaban J connectivity index is 2.54. The van der Waals surface area contributed by atoms with Gasteiger partial charge >= 0.3 is 0 Å². The van der Waals surface area contributed by atoms with Crippen LogP contribution in [0.4, 0.5) is 0 Å². The maximum Gasteiger partial charge on any atom is 0.0779 e. The van der Waals surface area contributed by atoms with Crippen molar-refractivity contribution < 1.29 is 4.74 Å². The molecule has 0 aromatic heterocycles. The van der Waals surface area contributed by atoms with E-state index in [2.05, 4.69) is 26.1 Å². The second kappa shape index (κ2) is 6.61. The van der Waals surface area contributed by atoms with Gasteiger partial charge < -0.3 is 10.1 Å². The molecule has 1 N–H and O–H groups in total. The molecule has 0 saturated heterocycles. The molecule has 0 bridgehead atoms. The molecule has 0 radical (unpaired) electrons. The van der Waals surface area contributed by atoms with E-state index in [1.165, 1.54) is 32.1 Å². The van der Waals surface area contributed by atoms with Gasteiger partial charge in [-0.15, -0.1) is 0 Å². The van der Waals surface area contributed by atoms with Crippen LogP contribution in [0.2, 0.25) is 0 Å². The van der Waals surface area contributed by atoms with Crippen LogP contribution in [-0.2, 0) is 4.74 Å². The third-order valence-corrected chi connectivity index (χ3v) is 4.10. The lowest BCUT2D eigenvalue weighted by Crippen LogP contribution is -2.44. The molecule has 1 saturated carbocycles. The first-order valence-corrected chi connectivity index (χ1v) is 6.97. The van der Waals surface area contributed by atoms with Crippen molar-refractivity contribution in [2.75, 3.05) is 13.6 Å². The molecule has 0 aliphatic heterocycles. The molecule has 3 atom stereocenters. The van der Waals surface area contributed by atoms with Crippen molar-refractivity contribution in [3.63, 3.8) is 0 Å². The molecule has 0 amide bonds. The van der Waals surface area contributed by atoms with Crippen LogP contribution in [0.3, 0.4) is 0 Å². The highest BCUT2D eigenvalue weighted by molar-refractivity contribution is 4.82. The number of hydrogen-bond donors (Lipinski definition) is 1. The first kappa shape index (κ1) is 14.0. The molecule has 1 aliphatic carbocycles. The molecule has 3 unspecified atom stereocenters. The Kier molecular flexibility index (Phi) is 5.77. The fraction of sp³-hybridized carbons (Fsp3) is 1.00. The Morgan fingerprint density at radius 1 is 1.25 bits per heavy atom. The average Bonchev–Trinajstić information content (AvgIpc) is 2.30.